The van der Waals surface area contributed by atoms with Gasteiger partial charge in [0, 0.05) is 11.8 Å². The summed E-state index contributed by atoms with van der Waals surface area (Å²) in [6.45, 7) is 7.49. The minimum atomic E-state index is -3.60. The molecule has 2 N–H and O–H groups in total. The highest BCUT2D eigenvalue weighted by atomic mass is 35.5. The molecule has 0 aliphatic rings. The first kappa shape index (κ1) is 18.8. The van der Waals surface area contributed by atoms with Crippen LogP contribution < -0.4 is 5.32 Å². The van der Waals surface area contributed by atoms with E-state index in [1.54, 1.807) is 13.0 Å². The first-order valence-electron chi connectivity index (χ1n) is 6.80. The molecule has 0 radical (unpaired) electrons. The van der Waals surface area contributed by atoms with Crippen LogP contribution in [0.5, 0.6) is 5.75 Å². The third-order valence-electron chi connectivity index (χ3n) is 3.34. The highest BCUT2D eigenvalue weighted by Crippen LogP contribution is 2.36. The molecule has 0 aromatic heterocycles. The Morgan fingerprint density at radius 2 is 1.91 bits per heavy atom. The van der Waals surface area contributed by atoms with E-state index in [4.69, 9.17) is 11.6 Å². The quantitative estimate of drug-likeness (QED) is 0.820. The summed E-state index contributed by atoms with van der Waals surface area (Å²) in [5.74, 6) is -0.934. The number of hydrogen-bond acceptors (Lipinski definition) is 4. The molecule has 1 amide bonds. The number of benzene rings is 1. The number of halogens is 1. The van der Waals surface area contributed by atoms with Crippen LogP contribution in [-0.2, 0) is 20.0 Å². The summed E-state index contributed by atoms with van der Waals surface area (Å²) in [6.07, 6.45) is 1.04. The number of carbonyl (C=O) groups is 1. The Labute approximate surface area is 136 Å². The molecular weight excluding hydrogens is 326 g/mol. The minimum absolute atomic E-state index is 0.137. The molecule has 5 nitrogen and oxygen atoms in total. The van der Waals surface area contributed by atoms with E-state index in [-0.39, 0.29) is 21.9 Å². The highest BCUT2D eigenvalue weighted by Gasteiger charge is 2.25. The zero-order valence-corrected chi connectivity index (χ0v) is 15.0. The molecule has 0 saturated carbocycles. The van der Waals surface area contributed by atoms with Gasteiger partial charge in [-0.15, -0.1) is 11.6 Å². The molecule has 124 valence electrons. The van der Waals surface area contributed by atoms with Crippen molar-refractivity contribution in [1.82, 2.24) is 5.32 Å². The number of alkyl halides is 1. The molecule has 1 rings (SSSR count). The Morgan fingerprint density at radius 1 is 1.36 bits per heavy atom. The molecule has 0 saturated heterocycles. The average Bonchev–Trinajstić information content (AvgIpc) is 2.35. The lowest BCUT2D eigenvalue weighted by molar-refractivity contribution is -0.119. The van der Waals surface area contributed by atoms with Gasteiger partial charge in [0.2, 0.25) is 5.91 Å². The second-order valence-corrected chi connectivity index (χ2v) is 8.61. The largest absolute Gasteiger partial charge is 0.506 e. The number of phenolic OH excluding ortho intramolecular Hbond substituents is 1. The summed E-state index contributed by atoms with van der Waals surface area (Å²) in [5, 5.41) is 12.9. The van der Waals surface area contributed by atoms with Crippen molar-refractivity contribution >= 4 is 27.3 Å². The number of carbonyl (C=O) groups excluding carboxylic acids is 1. The van der Waals surface area contributed by atoms with Gasteiger partial charge in [-0.2, -0.15) is 0 Å². The van der Waals surface area contributed by atoms with Crippen LogP contribution >= 0.6 is 11.6 Å². The lowest BCUT2D eigenvalue weighted by Crippen LogP contribution is -2.28. The van der Waals surface area contributed by atoms with Gasteiger partial charge in [-0.3, -0.25) is 4.79 Å². The minimum Gasteiger partial charge on any atom is -0.506 e. The number of rotatable bonds is 4. The first-order chi connectivity index (χ1) is 9.87. The lowest BCUT2D eigenvalue weighted by atomic mass is 9.85. The van der Waals surface area contributed by atoms with Gasteiger partial charge >= 0.3 is 0 Å². The summed E-state index contributed by atoms with van der Waals surface area (Å²) in [7, 11) is -3.60. The number of phenols is 1. The van der Waals surface area contributed by atoms with Crippen molar-refractivity contribution in [1.29, 1.82) is 0 Å². The second-order valence-electron chi connectivity index (χ2n) is 6.36. The monoisotopic (exact) mass is 347 g/mol. The Morgan fingerprint density at radius 3 is 2.32 bits per heavy atom. The third-order valence-corrected chi connectivity index (χ3v) is 4.69. The molecular formula is C15H22ClNO4S. The zero-order chi connectivity index (χ0) is 17.3. The fraction of sp³-hybridized carbons (Fsp3) is 0.533. The number of hydrogen-bond donors (Lipinski definition) is 2. The molecule has 22 heavy (non-hydrogen) atoms. The summed E-state index contributed by atoms with van der Waals surface area (Å²) < 4.78 is 23.8. The molecule has 7 heteroatoms. The summed E-state index contributed by atoms with van der Waals surface area (Å²) in [4.78, 5) is 11.3. The average molecular weight is 348 g/mol. The van der Waals surface area contributed by atoms with Crippen molar-refractivity contribution in [3.63, 3.8) is 0 Å². The van der Waals surface area contributed by atoms with E-state index in [9.17, 15) is 18.3 Å². The van der Waals surface area contributed by atoms with Crippen LogP contribution in [0.15, 0.2) is 17.0 Å². The Balaban J connectivity index is 3.53. The Hall–Kier alpha value is -1.27. The third kappa shape index (κ3) is 4.36. The number of nitrogens with one attached hydrogen (secondary N) is 1. The van der Waals surface area contributed by atoms with Crippen LogP contribution in [0, 0.1) is 0 Å². The standard InChI is InChI=1S/C15H22ClNO4S/c1-9(17-13(18)8-16)11-6-10(15(2,3)4)7-12(14(11)19)22(5,20)21/h6-7,9,19H,8H2,1-5H3,(H,17,18). The summed E-state index contributed by atoms with van der Waals surface area (Å²) >= 11 is 5.46. The molecule has 0 aliphatic carbocycles. The predicted octanol–water partition coefficient (Wildman–Crippen LogP) is 2.51. The van der Waals surface area contributed by atoms with Gasteiger partial charge in [0.25, 0.3) is 0 Å². The van der Waals surface area contributed by atoms with Crippen molar-refractivity contribution in [2.24, 2.45) is 0 Å². The van der Waals surface area contributed by atoms with E-state index in [0.717, 1.165) is 11.8 Å². The number of sulfone groups is 1. The van der Waals surface area contributed by atoms with Crippen LogP contribution in [0.3, 0.4) is 0 Å². The second kappa shape index (κ2) is 6.46. The maximum Gasteiger partial charge on any atom is 0.235 e. The van der Waals surface area contributed by atoms with E-state index >= 15 is 0 Å². The number of aromatic hydroxyl groups is 1. The van der Waals surface area contributed by atoms with E-state index in [1.165, 1.54) is 6.07 Å². The summed E-state index contributed by atoms with van der Waals surface area (Å²) in [6, 6.07) is 2.63. The van der Waals surface area contributed by atoms with E-state index in [1.807, 2.05) is 20.8 Å². The topological polar surface area (TPSA) is 83.5 Å². The molecule has 0 aliphatic heterocycles. The SMILES string of the molecule is CC(NC(=O)CCl)c1cc(C(C)(C)C)cc(S(C)(=O)=O)c1O. The van der Waals surface area contributed by atoms with Crippen molar-refractivity contribution in [3.8, 4) is 5.75 Å². The molecule has 0 bridgehead atoms. The molecule has 0 spiro atoms. The van der Waals surface area contributed by atoms with Gasteiger partial charge < -0.3 is 10.4 Å². The zero-order valence-electron chi connectivity index (χ0n) is 13.4. The van der Waals surface area contributed by atoms with Gasteiger partial charge in [-0.05, 0) is 30.0 Å². The van der Waals surface area contributed by atoms with Gasteiger partial charge in [0.05, 0.1) is 6.04 Å². The van der Waals surface area contributed by atoms with Crippen molar-refractivity contribution in [2.45, 2.75) is 44.0 Å². The van der Waals surface area contributed by atoms with Gasteiger partial charge in [0.15, 0.2) is 9.84 Å². The molecule has 1 aromatic rings. The smallest absolute Gasteiger partial charge is 0.235 e. The van der Waals surface area contributed by atoms with E-state index < -0.39 is 21.8 Å². The molecule has 0 heterocycles. The highest BCUT2D eigenvalue weighted by molar-refractivity contribution is 7.90. The lowest BCUT2D eigenvalue weighted by Gasteiger charge is -2.24. The van der Waals surface area contributed by atoms with E-state index in [0.29, 0.717) is 5.56 Å². The normalized spacial score (nSPS) is 13.7. The van der Waals surface area contributed by atoms with Crippen LogP contribution in [0.25, 0.3) is 0 Å². The summed E-state index contributed by atoms with van der Waals surface area (Å²) in [5.41, 5.74) is 0.803. The van der Waals surface area contributed by atoms with Crippen LogP contribution in [0.4, 0.5) is 0 Å². The number of amides is 1. The Bertz CT molecular complexity index is 678. The predicted molar refractivity (Wildman–Crippen MR) is 87.2 cm³/mol. The van der Waals surface area contributed by atoms with Crippen LogP contribution in [0.1, 0.15) is 44.9 Å². The van der Waals surface area contributed by atoms with Gasteiger partial charge in [-0.25, -0.2) is 8.42 Å². The van der Waals surface area contributed by atoms with Crippen LogP contribution in [-0.4, -0.2) is 31.6 Å². The van der Waals surface area contributed by atoms with Gasteiger partial charge in [-0.1, -0.05) is 20.8 Å². The van der Waals surface area contributed by atoms with Crippen molar-refractivity contribution in [3.05, 3.63) is 23.3 Å². The fourth-order valence-corrected chi connectivity index (χ4v) is 2.92. The van der Waals surface area contributed by atoms with Crippen molar-refractivity contribution in [2.75, 3.05) is 12.1 Å². The maximum atomic E-state index is 11.9. The molecule has 1 unspecified atom stereocenters. The first-order valence-corrected chi connectivity index (χ1v) is 9.23. The molecule has 1 aromatic carbocycles. The van der Waals surface area contributed by atoms with Crippen molar-refractivity contribution < 1.29 is 18.3 Å². The van der Waals surface area contributed by atoms with Crippen LogP contribution in [0.2, 0.25) is 0 Å². The van der Waals surface area contributed by atoms with E-state index in [2.05, 4.69) is 5.32 Å². The Kier molecular flexibility index (Phi) is 5.51. The fourth-order valence-electron chi connectivity index (χ4n) is 2.03. The maximum absolute atomic E-state index is 11.9. The van der Waals surface area contributed by atoms with Gasteiger partial charge in [0.1, 0.15) is 16.5 Å². The molecule has 0 fully saturated rings. The molecule has 1 atom stereocenters.